The quantitative estimate of drug-likeness (QED) is 0.629. The van der Waals surface area contributed by atoms with E-state index in [0.29, 0.717) is 11.3 Å². The van der Waals surface area contributed by atoms with E-state index in [4.69, 9.17) is 5.26 Å². The molecule has 1 heterocycles. The van der Waals surface area contributed by atoms with Crippen molar-refractivity contribution in [3.05, 3.63) is 29.6 Å². The van der Waals surface area contributed by atoms with Gasteiger partial charge in [0, 0.05) is 6.20 Å². The van der Waals surface area contributed by atoms with Gasteiger partial charge in [-0.3, -0.25) is 4.98 Å². The highest BCUT2D eigenvalue weighted by Gasteiger charge is 2.11. The topological polar surface area (TPSA) is 63.0 Å². The van der Waals surface area contributed by atoms with Gasteiger partial charge in [0.05, 0.1) is 30.9 Å². The lowest BCUT2D eigenvalue weighted by Gasteiger charge is -2.01. The highest BCUT2D eigenvalue weighted by atomic mass is 16.5. The molecule has 4 heteroatoms. The summed E-state index contributed by atoms with van der Waals surface area (Å²) >= 11 is 0. The van der Waals surface area contributed by atoms with Crippen molar-refractivity contribution in [2.45, 2.75) is 6.42 Å². The summed E-state index contributed by atoms with van der Waals surface area (Å²) in [5, 5.41) is 8.46. The van der Waals surface area contributed by atoms with Gasteiger partial charge in [-0.05, 0) is 12.1 Å². The summed E-state index contributed by atoms with van der Waals surface area (Å²) < 4.78 is 4.53. The van der Waals surface area contributed by atoms with Crippen LogP contribution in [0.5, 0.6) is 0 Å². The molecule has 0 saturated heterocycles. The van der Waals surface area contributed by atoms with Crippen LogP contribution >= 0.6 is 0 Å². The summed E-state index contributed by atoms with van der Waals surface area (Å²) in [7, 11) is 1.30. The van der Waals surface area contributed by atoms with Crippen molar-refractivity contribution < 1.29 is 9.53 Å². The number of rotatable bonds is 2. The minimum atomic E-state index is -0.460. The molecule has 1 aromatic rings. The molecule has 0 fully saturated rings. The van der Waals surface area contributed by atoms with Crippen molar-refractivity contribution in [3.63, 3.8) is 0 Å². The standard InChI is InChI=1S/C9H8N2O2/c1-13-9(12)7-3-2-6-11-8(7)4-5-10/h2-3,6H,4H2,1H3. The number of ether oxygens (including phenoxy) is 1. The highest BCUT2D eigenvalue weighted by molar-refractivity contribution is 5.90. The fourth-order valence-electron chi connectivity index (χ4n) is 0.950. The third kappa shape index (κ3) is 2.03. The van der Waals surface area contributed by atoms with Crippen LogP contribution in [0.2, 0.25) is 0 Å². The molecule has 0 aliphatic heterocycles. The summed E-state index contributed by atoms with van der Waals surface area (Å²) in [6.07, 6.45) is 1.66. The van der Waals surface area contributed by atoms with Crippen molar-refractivity contribution in [1.29, 1.82) is 5.26 Å². The van der Waals surface area contributed by atoms with E-state index in [1.54, 1.807) is 18.3 Å². The number of nitrogens with zero attached hydrogens (tertiary/aromatic N) is 2. The Balaban J connectivity index is 3.05. The van der Waals surface area contributed by atoms with Crippen molar-refractivity contribution >= 4 is 5.97 Å². The number of carbonyl (C=O) groups is 1. The van der Waals surface area contributed by atoms with Gasteiger partial charge in [-0.1, -0.05) is 0 Å². The van der Waals surface area contributed by atoms with Crippen LogP contribution < -0.4 is 0 Å². The van der Waals surface area contributed by atoms with E-state index in [2.05, 4.69) is 9.72 Å². The molecule has 0 radical (unpaired) electrons. The second kappa shape index (κ2) is 4.21. The number of carbonyl (C=O) groups excluding carboxylic acids is 1. The van der Waals surface area contributed by atoms with Gasteiger partial charge in [0.1, 0.15) is 0 Å². The lowest BCUT2D eigenvalue weighted by Crippen LogP contribution is -2.06. The fraction of sp³-hybridized carbons (Fsp3) is 0.222. The molecule has 1 aromatic heterocycles. The highest BCUT2D eigenvalue weighted by Crippen LogP contribution is 2.06. The Morgan fingerprint density at radius 2 is 2.54 bits per heavy atom. The van der Waals surface area contributed by atoms with Crippen molar-refractivity contribution in [3.8, 4) is 6.07 Å². The lowest BCUT2D eigenvalue weighted by atomic mass is 10.1. The van der Waals surface area contributed by atoms with Crippen molar-refractivity contribution in [1.82, 2.24) is 4.98 Å². The number of methoxy groups -OCH3 is 1. The summed E-state index contributed by atoms with van der Waals surface area (Å²) in [5.74, 6) is -0.460. The van der Waals surface area contributed by atoms with Gasteiger partial charge < -0.3 is 4.74 Å². The summed E-state index contributed by atoms with van der Waals surface area (Å²) in [4.78, 5) is 15.1. The molecule has 66 valence electrons. The van der Waals surface area contributed by atoms with E-state index < -0.39 is 5.97 Å². The van der Waals surface area contributed by atoms with Crippen LogP contribution in [0.1, 0.15) is 16.1 Å². The Morgan fingerprint density at radius 1 is 1.77 bits per heavy atom. The van der Waals surface area contributed by atoms with Gasteiger partial charge in [-0.15, -0.1) is 0 Å². The third-order valence-corrected chi connectivity index (χ3v) is 1.54. The number of esters is 1. The number of aromatic nitrogens is 1. The predicted octanol–water partition coefficient (Wildman–Crippen LogP) is 0.934. The molecule has 0 bridgehead atoms. The third-order valence-electron chi connectivity index (χ3n) is 1.54. The molecular formula is C9H8N2O2. The van der Waals surface area contributed by atoms with Gasteiger partial charge in [-0.2, -0.15) is 5.26 Å². The molecule has 1 rings (SSSR count). The zero-order chi connectivity index (χ0) is 9.68. The minimum Gasteiger partial charge on any atom is -0.465 e. The molecule has 0 aliphatic rings. The van der Waals surface area contributed by atoms with Gasteiger partial charge in [-0.25, -0.2) is 4.79 Å². The van der Waals surface area contributed by atoms with Crippen LogP contribution in [0, 0.1) is 11.3 Å². The van der Waals surface area contributed by atoms with Gasteiger partial charge in [0.25, 0.3) is 0 Å². The molecule has 0 aromatic carbocycles. The van der Waals surface area contributed by atoms with E-state index in [1.807, 2.05) is 6.07 Å². The fourth-order valence-corrected chi connectivity index (χ4v) is 0.950. The molecule has 13 heavy (non-hydrogen) atoms. The Morgan fingerprint density at radius 3 is 3.15 bits per heavy atom. The zero-order valence-corrected chi connectivity index (χ0v) is 7.15. The van der Waals surface area contributed by atoms with E-state index in [1.165, 1.54) is 7.11 Å². The molecule has 4 nitrogen and oxygen atoms in total. The molecule has 0 N–H and O–H groups in total. The van der Waals surface area contributed by atoms with Crippen molar-refractivity contribution in [2.75, 3.05) is 7.11 Å². The van der Waals surface area contributed by atoms with Crippen LogP contribution in [-0.4, -0.2) is 18.1 Å². The maximum Gasteiger partial charge on any atom is 0.339 e. The first-order chi connectivity index (χ1) is 6.29. The first kappa shape index (κ1) is 9.20. The Hall–Kier alpha value is -1.89. The van der Waals surface area contributed by atoms with Crippen LogP contribution in [0.3, 0.4) is 0 Å². The maximum atomic E-state index is 11.1. The normalized spacial score (nSPS) is 8.92. The van der Waals surface area contributed by atoms with Gasteiger partial charge >= 0.3 is 5.97 Å². The maximum absolute atomic E-state index is 11.1. The average molecular weight is 176 g/mol. The van der Waals surface area contributed by atoms with Crippen molar-refractivity contribution in [2.24, 2.45) is 0 Å². The molecular weight excluding hydrogens is 168 g/mol. The molecule has 0 atom stereocenters. The summed E-state index contributed by atoms with van der Waals surface area (Å²) in [6, 6.07) is 5.15. The van der Waals surface area contributed by atoms with Crippen LogP contribution in [-0.2, 0) is 11.2 Å². The van der Waals surface area contributed by atoms with E-state index in [0.717, 1.165) is 0 Å². The second-order valence-electron chi connectivity index (χ2n) is 2.32. The van der Waals surface area contributed by atoms with Crippen LogP contribution in [0.25, 0.3) is 0 Å². The van der Waals surface area contributed by atoms with E-state index >= 15 is 0 Å². The smallest absolute Gasteiger partial charge is 0.339 e. The number of pyridine rings is 1. The lowest BCUT2D eigenvalue weighted by molar-refractivity contribution is 0.0599. The SMILES string of the molecule is COC(=O)c1cccnc1CC#N. The summed E-state index contributed by atoms with van der Waals surface area (Å²) in [6.45, 7) is 0. The largest absolute Gasteiger partial charge is 0.465 e. The van der Waals surface area contributed by atoms with Gasteiger partial charge in [0.2, 0.25) is 0 Å². The average Bonchev–Trinajstić information content (AvgIpc) is 2.18. The zero-order valence-electron chi connectivity index (χ0n) is 7.15. The Kier molecular flexibility index (Phi) is 2.98. The minimum absolute atomic E-state index is 0.116. The number of hydrogen-bond acceptors (Lipinski definition) is 4. The molecule has 0 saturated carbocycles. The molecule has 0 amide bonds. The molecule has 0 spiro atoms. The monoisotopic (exact) mass is 176 g/mol. The van der Waals surface area contributed by atoms with Crippen LogP contribution in [0.4, 0.5) is 0 Å². The first-order valence-corrected chi connectivity index (χ1v) is 3.68. The summed E-state index contributed by atoms with van der Waals surface area (Å²) in [5.41, 5.74) is 0.809. The molecule has 0 aliphatic carbocycles. The van der Waals surface area contributed by atoms with Gasteiger partial charge in [0.15, 0.2) is 0 Å². The number of hydrogen-bond donors (Lipinski definition) is 0. The van der Waals surface area contributed by atoms with E-state index in [9.17, 15) is 4.79 Å². The van der Waals surface area contributed by atoms with E-state index in [-0.39, 0.29) is 6.42 Å². The Labute approximate surface area is 75.8 Å². The van der Waals surface area contributed by atoms with Crippen LogP contribution in [0.15, 0.2) is 18.3 Å². The Bertz CT molecular complexity index is 355. The molecule has 0 unspecified atom stereocenters. The second-order valence-corrected chi connectivity index (χ2v) is 2.32. The predicted molar refractivity (Wildman–Crippen MR) is 44.9 cm³/mol. The number of nitriles is 1. The first-order valence-electron chi connectivity index (χ1n) is 3.68.